The second-order valence-electron chi connectivity index (χ2n) is 12.6. The first-order valence-corrected chi connectivity index (χ1v) is 18.1. The molecule has 0 aliphatic carbocycles. The summed E-state index contributed by atoms with van der Waals surface area (Å²) in [7, 11) is 1.31. The quantitative estimate of drug-likeness (QED) is 0.133. The van der Waals surface area contributed by atoms with Crippen molar-refractivity contribution in [3.8, 4) is 0 Å². The molecule has 0 unspecified atom stereocenters. The molecule has 2 aromatic heterocycles. The maximum absolute atomic E-state index is 13.7. The number of hydrogen-bond donors (Lipinski definition) is 2. The third kappa shape index (κ3) is 3.82. The molecule has 1 saturated heterocycles. The van der Waals surface area contributed by atoms with Crippen molar-refractivity contribution in [3.05, 3.63) is 58.7 Å². The number of carbonyl (C=O) groups is 2. The molecular formula is C35H37N3O5S2. The molecule has 45 heavy (non-hydrogen) atoms. The van der Waals surface area contributed by atoms with Crippen molar-refractivity contribution in [2.24, 2.45) is 0 Å². The van der Waals surface area contributed by atoms with Crippen LogP contribution in [0.15, 0.2) is 36.4 Å². The number of aromatic nitrogens is 2. The van der Waals surface area contributed by atoms with Crippen LogP contribution in [0.4, 0.5) is 0 Å². The number of amides is 1. The Hall–Kier alpha value is -3.18. The Kier molecular flexibility index (Phi) is 6.77. The topological polar surface area (TPSA) is 94.7 Å². The van der Waals surface area contributed by atoms with Crippen LogP contribution in [0.25, 0.3) is 43.6 Å². The molecule has 3 aromatic carbocycles. The van der Waals surface area contributed by atoms with Gasteiger partial charge in [-0.3, -0.25) is 4.79 Å². The van der Waals surface area contributed by atoms with E-state index in [9.17, 15) is 14.7 Å². The zero-order valence-corrected chi connectivity index (χ0v) is 27.6. The number of benzene rings is 3. The van der Waals surface area contributed by atoms with Crippen LogP contribution in [0, 0.1) is 0 Å². The summed E-state index contributed by atoms with van der Waals surface area (Å²) >= 11 is 3.80. The molecule has 0 spiro atoms. The first-order valence-electron chi connectivity index (χ1n) is 15.8. The predicted octanol–water partition coefficient (Wildman–Crippen LogP) is 6.94. The number of aliphatic hydroxyl groups is 1. The molecule has 0 saturated carbocycles. The van der Waals surface area contributed by atoms with E-state index >= 15 is 0 Å². The highest BCUT2D eigenvalue weighted by Gasteiger charge is 2.65. The number of hydrogen-bond acceptors (Lipinski definition) is 7. The van der Waals surface area contributed by atoms with Crippen LogP contribution < -0.4 is 5.32 Å². The second-order valence-corrected chi connectivity index (χ2v) is 14.8. The fraction of sp³-hybridized carbons (Fsp3) is 0.429. The average molecular weight is 644 g/mol. The summed E-state index contributed by atoms with van der Waals surface area (Å²) in [5.74, 6) is 3.12. The Balaban J connectivity index is 1.54. The van der Waals surface area contributed by atoms with E-state index in [1.807, 2.05) is 28.1 Å². The minimum absolute atomic E-state index is 0.0127. The maximum atomic E-state index is 13.7. The zero-order valence-electron chi connectivity index (χ0n) is 26.0. The van der Waals surface area contributed by atoms with Crippen LogP contribution in [-0.2, 0) is 38.0 Å². The molecule has 5 aromatic rings. The lowest BCUT2D eigenvalue weighted by Crippen LogP contribution is -2.56. The Bertz CT molecular complexity index is 2080. The largest absolute Gasteiger partial charge is 0.467 e. The summed E-state index contributed by atoms with van der Waals surface area (Å²) in [6.07, 6.45) is 1.57. The number of carbonyl (C=O) groups excluding carboxylic acids is 2. The molecule has 3 aliphatic rings. The van der Waals surface area contributed by atoms with E-state index < -0.39 is 23.5 Å². The smallest absolute Gasteiger partial charge is 0.343 e. The standard InChI is InChI=1S/C35H37N3O5S2/c1-5-11-44-17-19-7-9-24-21(13-19)28-29-23(16-36-32(29)39)27-22-14-20(18-45-12-6-2)8-10-25(22)38-31(27)30(28)37(24)26-15-35(41,33(40)42-4)34(38,3)43-26/h7-10,13-14,26,41H,5-6,11-12,15-18H2,1-4H3,(H,36,39)/t26-,34+,35+/m0/s1. The van der Waals surface area contributed by atoms with Gasteiger partial charge in [-0.1, -0.05) is 26.0 Å². The van der Waals surface area contributed by atoms with E-state index in [1.165, 1.54) is 18.2 Å². The van der Waals surface area contributed by atoms with Gasteiger partial charge in [-0.2, -0.15) is 23.5 Å². The molecule has 8 rings (SSSR count). The molecule has 234 valence electrons. The minimum Gasteiger partial charge on any atom is -0.467 e. The van der Waals surface area contributed by atoms with Crippen molar-refractivity contribution in [1.29, 1.82) is 0 Å². The van der Waals surface area contributed by atoms with E-state index in [1.54, 1.807) is 6.92 Å². The third-order valence-electron chi connectivity index (χ3n) is 9.90. The monoisotopic (exact) mass is 643 g/mol. The van der Waals surface area contributed by atoms with Crippen molar-refractivity contribution in [2.75, 3.05) is 18.6 Å². The number of nitrogens with zero attached hydrogens (tertiary/aromatic N) is 2. The molecule has 5 heterocycles. The van der Waals surface area contributed by atoms with Gasteiger partial charge in [0.2, 0.25) is 5.60 Å². The molecule has 3 aliphatic heterocycles. The van der Waals surface area contributed by atoms with Gasteiger partial charge in [0.15, 0.2) is 5.72 Å². The minimum atomic E-state index is -1.95. The molecule has 0 radical (unpaired) electrons. The SMILES string of the molecule is CCCSCc1ccc2c(c1)c1c3c(c4c5cc(CSCCC)ccc5n5c4c1n2[C@@H]1C[C@@](O)(C(=O)OC)[C@@]5(C)O1)CNC3=O. The second kappa shape index (κ2) is 10.4. The van der Waals surface area contributed by atoms with Gasteiger partial charge in [0, 0.05) is 46.0 Å². The van der Waals surface area contributed by atoms with E-state index in [2.05, 4.69) is 60.1 Å². The van der Waals surface area contributed by atoms with Crippen LogP contribution in [-0.4, -0.2) is 50.3 Å². The molecule has 3 atom stereocenters. The van der Waals surface area contributed by atoms with Gasteiger partial charge in [0.05, 0.1) is 34.7 Å². The zero-order chi connectivity index (χ0) is 31.2. The maximum Gasteiger partial charge on any atom is 0.343 e. The Labute approximate surface area is 269 Å². The van der Waals surface area contributed by atoms with E-state index in [0.717, 1.165) is 90.6 Å². The highest BCUT2D eigenvalue weighted by atomic mass is 32.2. The van der Waals surface area contributed by atoms with Gasteiger partial charge >= 0.3 is 5.97 Å². The Morgan fingerprint density at radius 3 is 2.31 bits per heavy atom. The van der Waals surface area contributed by atoms with Crippen LogP contribution in [0.1, 0.15) is 73.3 Å². The summed E-state index contributed by atoms with van der Waals surface area (Å²) in [5, 5.41) is 19.3. The number of rotatable bonds is 9. The lowest BCUT2D eigenvalue weighted by atomic mass is 9.88. The number of ether oxygens (including phenoxy) is 2. The van der Waals surface area contributed by atoms with Crippen molar-refractivity contribution in [3.63, 3.8) is 0 Å². The van der Waals surface area contributed by atoms with Crippen LogP contribution in [0.2, 0.25) is 0 Å². The summed E-state index contributed by atoms with van der Waals surface area (Å²) in [5.41, 5.74) is 4.19. The number of methoxy groups -OCH3 is 1. The van der Waals surface area contributed by atoms with Gasteiger partial charge < -0.3 is 29.0 Å². The van der Waals surface area contributed by atoms with Gasteiger partial charge in [-0.05, 0) is 72.2 Å². The lowest BCUT2D eigenvalue weighted by Gasteiger charge is -2.37. The van der Waals surface area contributed by atoms with Gasteiger partial charge in [0.25, 0.3) is 5.91 Å². The van der Waals surface area contributed by atoms with E-state index in [4.69, 9.17) is 9.47 Å². The molecule has 1 amide bonds. The normalized spacial score (nSPS) is 23.5. The summed E-state index contributed by atoms with van der Waals surface area (Å²) in [4.78, 5) is 27.2. The average Bonchev–Trinajstić information content (AvgIpc) is 3.73. The molecule has 2 N–H and O–H groups in total. The summed E-state index contributed by atoms with van der Waals surface area (Å²) in [6.45, 7) is 6.58. The Morgan fingerprint density at radius 2 is 1.67 bits per heavy atom. The number of nitrogens with one attached hydrogen (secondary N) is 1. The summed E-state index contributed by atoms with van der Waals surface area (Å²) < 4.78 is 16.3. The molecule has 2 bridgehead atoms. The van der Waals surface area contributed by atoms with Crippen molar-refractivity contribution >= 4 is 79.0 Å². The first kappa shape index (κ1) is 29.2. The number of fused-ring (bicyclic) bond motifs is 13. The molecular weight excluding hydrogens is 607 g/mol. The lowest BCUT2D eigenvalue weighted by molar-refractivity contribution is -0.202. The van der Waals surface area contributed by atoms with Crippen molar-refractivity contribution in [1.82, 2.24) is 14.5 Å². The highest BCUT2D eigenvalue weighted by molar-refractivity contribution is 7.98. The third-order valence-corrected chi connectivity index (χ3v) is 12.4. The fourth-order valence-electron chi connectivity index (χ4n) is 7.94. The highest BCUT2D eigenvalue weighted by Crippen LogP contribution is 2.58. The molecule has 8 nitrogen and oxygen atoms in total. The van der Waals surface area contributed by atoms with Crippen LogP contribution >= 0.6 is 23.5 Å². The summed E-state index contributed by atoms with van der Waals surface area (Å²) in [6, 6.07) is 12.9. The number of esters is 1. The van der Waals surface area contributed by atoms with Crippen molar-refractivity contribution < 1.29 is 24.2 Å². The number of thioether (sulfide) groups is 2. The first-order chi connectivity index (χ1) is 21.8. The van der Waals surface area contributed by atoms with Gasteiger partial charge in [-0.25, -0.2) is 4.79 Å². The van der Waals surface area contributed by atoms with Crippen LogP contribution in [0.5, 0.6) is 0 Å². The van der Waals surface area contributed by atoms with Crippen LogP contribution in [0.3, 0.4) is 0 Å². The Morgan fingerprint density at radius 1 is 1.02 bits per heavy atom. The van der Waals surface area contributed by atoms with E-state index in [-0.39, 0.29) is 12.3 Å². The van der Waals surface area contributed by atoms with Crippen molar-refractivity contribution in [2.45, 2.75) is 75.6 Å². The fourth-order valence-corrected chi connectivity index (χ4v) is 9.63. The van der Waals surface area contributed by atoms with Gasteiger partial charge in [0.1, 0.15) is 6.23 Å². The van der Waals surface area contributed by atoms with Gasteiger partial charge in [-0.15, -0.1) is 0 Å². The molecule has 1 fully saturated rings. The predicted molar refractivity (Wildman–Crippen MR) is 182 cm³/mol. The molecule has 10 heteroatoms. The van der Waals surface area contributed by atoms with E-state index in [0.29, 0.717) is 6.54 Å².